The zero-order valence-corrected chi connectivity index (χ0v) is 10.8. The first-order valence-corrected chi connectivity index (χ1v) is 5.66. The molecule has 94 valence electrons. The third-order valence-corrected chi connectivity index (χ3v) is 1.93. The van der Waals surface area contributed by atoms with Crippen molar-refractivity contribution in [3.8, 4) is 0 Å². The Hall–Kier alpha value is -1.68. The van der Waals surface area contributed by atoms with Crippen LogP contribution in [0.25, 0.3) is 0 Å². The van der Waals surface area contributed by atoms with E-state index in [0.717, 1.165) is 5.06 Å². The van der Waals surface area contributed by atoms with E-state index in [1.807, 2.05) is 13.8 Å². The number of hydrogen-bond donors (Lipinski definition) is 0. The molecule has 1 amide bonds. The number of benzene rings is 1. The van der Waals surface area contributed by atoms with Crippen LogP contribution < -0.4 is 0 Å². The van der Waals surface area contributed by atoms with Crippen molar-refractivity contribution in [1.29, 1.82) is 0 Å². The zero-order valence-electron chi connectivity index (χ0n) is 10.8. The van der Waals surface area contributed by atoms with E-state index in [4.69, 9.17) is 4.84 Å². The second-order valence-corrected chi connectivity index (χ2v) is 2.93. The van der Waals surface area contributed by atoms with Gasteiger partial charge < -0.3 is 0 Å². The van der Waals surface area contributed by atoms with Gasteiger partial charge in [-0.3, -0.25) is 14.4 Å². The molecule has 0 saturated heterocycles. The quantitative estimate of drug-likeness (QED) is 0.597. The molecule has 0 aliphatic carbocycles. The fourth-order valence-corrected chi connectivity index (χ4v) is 1.22. The highest BCUT2D eigenvalue weighted by molar-refractivity contribution is 6.00. The topological polar surface area (TPSA) is 46.6 Å². The standard InChI is InChI=1S/C11H13NO3.C2H6/c1-3-15-12(2)11(14)10-7-5-4-6-9(10)8-13;1-2/h4-8H,3H2,1-2H3;1-2H3. The Morgan fingerprint density at radius 1 is 1.35 bits per heavy atom. The fourth-order valence-electron chi connectivity index (χ4n) is 1.22. The van der Waals surface area contributed by atoms with E-state index in [1.165, 1.54) is 7.05 Å². The summed E-state index contributed by atoms with van der Waals surface area (Å²) in [6, 6.07) is 6.61. The molecule has 1 rings (SSSR count). The first-order chi connectivity index (χ1) is 8.20. The van der Waals surface area contributed by atoms with Crippen LogP contribution in [-0.4, -0.2) is 30.9 Å². The zero-order chi connectivity index (χ0) is 13.3. The van der Waals surface area contributed by atoms with Gasteiger partial charge in [0.1, 0.15) is 0 Å². The Kier molecular flexibility index (Phi) is 7.63. The molecule has 0 radical (unpaired) electrons. The van der Waals surface area contributed by atoms with E-state index in [0.29, 0.717) is 24.0 Å². The molecule has 0 saturated carbocycles. The second-order valence-electron chi connectivity index (χ2n) is 2.93. The largest absolute Gasteiger partial charge is 0.298 e. The molecule has 0 spiro atoms. The number of carbonyl (C=O) groups excluding carboxylic acids is 2. The van der Waals surface area contributed by atoms with E-state index in [-0.39, 0.29) is 5.91 Å². The predicted molar refractivity (Wildman–Crippen MR) is 66.9 cm³/mol. The molecule has 0 aromatic heterocycles. The maximum absolute atomic E-state index is 11.8. The van der Waals surface area contributed by atoms with Crippen molar-refractivity contribution in [2.24, 2.45) is 0 Å². The average molecular weight is 237 g/mol. The van der Waals surface area contributed by atoms with Crippen LogP contribution in [0.2, 0.25) is 0 Å². The molecule has 4 heteroatoms. The smallest absolute Gasteiger partial charge is 0.277 e. The number of hydroxylamine groups is 2. The number of nitrogens with zero attached hydrogens (tertiary/aromatic N) is 1. The highest BCUT2D eigenvalue weighted by Crippen LogP contribution is 2.09. The normalized spacial score (nSPS) is 8.94. The third-order valence-electron chi connectivity index (χ3n) is 1.93. The summed E-state index contributed by atoms with van der Waals surface area (Å²) in [6.45, 7) is 6.20. The Bertz CT molecular complexity index is 363. The van der Waals surface area contributed by atoms with Crippen molar-refractivity contribution in [3.05, 3.63) is 35.4 Å². The summed E-state index contributed by atoms with van der Waals surface area (Å²) in [7, 11) is 1.52. The van der Waals surface area contributed by atoms with Crippen molar-refractivity contribution in [2.75, 3.05) is 13.7 Å². The Morgan fingerprint density at radius 3 is 2.47 bits per heavy atom. The summed E-state index contributed by atoms with van der Waals surface area (Å²) in [5.74, 6) is -0.320. The molecule has 1 aromatic carbocycles. The van der Waals surface area contributed by atoms with Gasteiger partial charge >= 0.3 is 0 Å². The summed E-state index contributed by atoms with van der Waals surface area (Å²) in [4.78, 5) is 27.5. The summed E-state index contributed by atoms with van der Waals surface area (Å²) in [6.07, 6.45) is 0.660. The number of amides is 1. The summed E-state index contributed by atoms with van der Waals surface area (Å²) >= 11 is 0. The van der Waals surface area contributed by atoms with Gasteiger partial charge in [0.2, 0.25) is 0 Å². The van der Waals surface area contributed by atoms with Gasteiger partial charge in [0.05, 0.1) is 12.2 Å². The maximum atomic E-state index is 11.8. The molecule has 0 unspecified atom stereocenters. The SMILES string of the molecule is CC.CCON(C)C(=O)c1ccccc1C=O. The second kappa shape index (κ2) is 8.47. The monoisotopic (exact) mass is 237 g/mol. The van der Waals surface area contributed by atoms with Crippen LogP contribution in [0.15, 0.2) is 24.3 Å². The molecule has 1 aromatic rings. The molecule has 0 N–H and O–H groups in total. The number of carbonyl (C=O) groups is 2. The van der Waals surface area contributed by atoms with E-state index < -0.39 is 0 Å². The van der Waals surface area contributed by atoms with Gasteiger partial charge in [-0.25, -0.2) is 5.06 Å². The lowest BCUT2D eigenvalue weighted by Gasteiger charge is -2.16. The molecule has 0 bridgehead atoms. The predicted octanol–water partition coefficient (Wildman–Crippen LogP) is 2.55. The molecule has 0 aliphatic rings. The van der Waals surface area contributed by atoms with Gasteiger partial charge in [-0.05, 0) is 13.0 Å². The van der Waals surface area contributed by atoms with Gasteiger partial charge in [-0.2, -0.15) is 0 Å². The van der Waals surface area contributed by atoms with Crippen molar-refractivity contribution in [2.45, 2.75) is 20.8 Å². The first kappa shape index (κ1) is 15.3. The van der Waals surface area contributed by atoms with Crippen LogP contribution in [0, 0.1) is 0 Å². The first-order valence-electron chi connectivity index (χ1n) is 5.66. The summed E-state index contributed by atoms with van der Waals surface area (Å²) in [5.41, 5.74) is 0.720. The highest BCUT2D eigenvalue weighted by Gasteiger charge is 2.14. The van der Waals surface area contributed by atoms with Gasteiger partial charge in [0.25, 0.3) is 5.91 Å². The maximum Gasteiger partial charge on any atom is 0.277 e. The van der Waals surface area contributed by atoms with E-state index in [2.05, 4.69) is 0 Å². The molecule has 0 atom stereocenters. The van der Waals surface area contributed by atoms with Crippen molar-refractivity contribution in [3.63, 3.8) is 0 Å². The van der Waals surface area contributed by atoms with Gasteiger partial charge in [0.15, 0.2) is 6.29 Å². The van der Waals surface area contributed by atoms with E-state index in [9.17, 15) is 9.59 Å². The molecule has 0 aliphatic heterocycles. The average Bonchev–Trinajstić information content (AvgIpc) is 2.40. The van der Waals surface area contributed by atoms with Crippen molar-refractivity contribution < 1.29 is 14.4 Å². The van der Waals surface area contributed by atoms with Gasteiger partial charge in [0, 0.05) is 12.6 Å². The Morgan fingerprint density at radius 2 is 1.94 bits per heavy atom. The van der Waals surface area contributed by atoms with Crippen molar-refractivity contribution in [1.82, 2.24) is 5.06 Å². The van der Waals surface area contributed by atoms with Gasteiger partial charge in [-0.1, -0.05) is 32.0 Å². The minimum absolute atomic E-state index is 0.320. The molecular formula is C13H19NO3. The van der Waals surface area contributed by atoms with Crippen LogP contribution in [0.4, 0.5) is 0 Å². The lowest BCUT2D eigenvalue weighted by atomic mass is 10.1. The van der Waals surface area contributed by atoms with Crippen LogP contribution in [0.3, 0.4) is 0 Å². The fraction of sp³-hybridized carbons (Fsp3) is 0.385. The molecule has 0 fully saturated rings. The minimum atomic E-state index is -0.320. The van der Waals surface area contributed by atoms with Crippen LogP contribution >= 0.6 is 0 Å². The molecular weight excluding hydrogens is 218 g/mol. The van der Waals surface area contributed by atoms with Crippen LogP contribution in [0.5, 0.6) is 0 Å². The molecule has 0 heterocycles. The Labute approximate surface area is 102 Å². The van der Waals surface area contributed by atoms with Crippen LogP contribution in [0.1, 0.15) is 41.5 Å². The Balaban J connectivity index is 0.00000121. The summed E-state index contributed by atoms with van der Waals surface area (Å²) < 4.78 is 0. The number of hydrogen-bond acceptors (Lipinski definition) is 3. The number of aldehydes is 1. The van der Waals surface area contributed by atoms with Crippen molar-refractivity contribution >= 4 is 12.2 Å². The lowest BCUT2D eigenvalue weighted by Crippen LogP contribution is -2.27. The van der Waals surface area contributed by atoms with E-state index >= 15 is 0 Å². The summed E-state index contributed by atoms with van der Waals surface area (Å²) in [5, 5.41) is 1.13. The van der Waals surface area contributed by atoms with E-state index in [1.54, 1.807) is 31.2 Å². The van der Waals surface area contributed by atoms with Gasteiger partial charge in [-0.15, -0.1) is 0 Å². The highest BCUT2D eigenvalue weighted by atomic mass is 16.7. The molecule has 4 nitrogen and oxygen atoms in total. The number of rotatable bonds is 4. The minimum Gasteiger partial charge on any atom is -0.298 e. The third kappa shape index (κ3) is 4.36. The van der Waals surface area contributed by atoms with Crippen LogP contribution in [-0.2, 0) is 4.84 Å². The molecule has 17 heavy (non-hydrogen) atoms. The lowest BCUT2D eigenvalue weighted by molar-refractivity contribution is -0.100.